The normalized spacial score (nSPS) is 35.1. The summed E-state index contributed by atoms with van der Waals surface area (Å²) in [6, 6.07) is 0.554. The minimum atomic E-state index is 0.295. The number of hydrogen-bond acceptors (Lipinski definition) is 4. The standard InChI is InChI=1S/C12H20N2OS2/c1-2-10(8-16-7-1)13-11-14-12(9-17-11)3-5-15-6-4-12/h10H,1-9H2,(H,13,14). The molecule has 0 aromatic heterocycles. The Balaban J connectivity index is 1.60. The summed E-state index contributed by atoms with van der Waals surface area (Å²) in [4.78, 5) is 4.89. The minimum absolute atomic E-state index is 0.295. The molecule has 0 radical (unpaired) electrons. The van der Waals surface area contributed by atoms with Crippen LogP contribution >= 0.6 is 23.5 Å². The van der Waals surface area contributed by atoms with E-state index >= 15 is 0 Å². The Morgan fingerprint density at radius 3 is 3.00 bits per heavy atom. The highest BCUT2D eigenvalue weighted by atomic mass is 32.2. The maximum atomic E-state index is 5.45. The number of hydrogen-bond donors (Lipinski definition) is 1. The van der Waals surface area contributed by atoms with E-state index in [1.54, 1.807) is 0 Å². The van der Waals surface area contributed by atoms with E-state index in [1.807, 2.05) is 23.5 Å². The lowest BCUT2D eigenvalue weighted by Gasteiger charge is -2.32. The fourth-order valence-corrected chi connectivity index (χ4v) is 4.93. The van der Waals surface area contributed by atoms with E-state index < -0.39 is 0 Å². The quantitative estimate of drug-likeness (QED) is 0.793. The van der Waals surface area contributed by atoms with Gasteiger partial charge in [0, 0.05) is 24.7 Å². The van der Waals surface area contributed by atoms with E-state index in [0.29, 0.717) is 11.6 Å². The molecule has 3 aliphatic heterocycles. The van der Waals surface area contributed by atoms with Crippen LogP contribution in [0.1, 0.15) is 25.7 Å². The Hall–Kier alpha value is 0.130. The van der Waals surface area contributed by atoms with Crippen LogP contribution in [0, 0.1) is 0 Å². The zero-order valence-electron chi connectivity index (χ0n) is 10.1. The first kappa shape index (κ1) is 12.2. The summed E-state index contributed by atoms with van der Waals surface area (Å²) in [5.74, 6) is 3.71. The summed E-state index contributed by atoms with van der Waals surface area (Å²) in [5.41, 5.74) is 0.295. The second-order valence-electron chi connectivity index (χ2n) is 5.11. The first-order valence-electron chi connectivity index (χ1n) is 6.51. The molecule has 0 aromatic rings. The van der Waals surface area contributed by atoms with Crippen LogP contribution < -0.4 is 5.32 Å². The zero-order chi connectivity index (χ0) is 11.6. The van der Waals surface area contributed by atoms with E-state index in [9.17, 15) is 0 Å². The molecule has 3 rings (SSSR count). The van der Waals surface area contributed by atoms with Gasteiger partial charge in [0.2, 0.25) is 0 Å². The molecule has 0 bridgehead atoms. The lowest BCUT2D eigenvalue weighted by molar-refractivity contribution is 0.0555. The van der Waals surface area contributed by atoms with Gasteiger partial charge in [-0.1, -0.05) is 11.8 Å². The predicted octanol–water partition coefficient (Wildman–Crippen LogP) is 2.12. The average Bonchev–Trinajstić information content (AvgIpc) is 2.74. The number of nitrogens with one attached hydrogen (secondary N) is 1. The van der Waals surface area contributed by atoms with Crippen LogP contribution in [0.2, 0.25) is 0 Å². The molecule has 1 atom stereocenters. The maximum Gasteiger partial charge on any atom is 0.157 e. The third-order valence-corrected chi connectivity index (χ3v) is 6.12. The third kappa shape index (κ3) is 2.93. The van der Waals surface area contributed by atoms with Crippen LogP contribution in [0.25, 0.3) is 0 Å². The highest BCUT2D eigenvalue weighted by molar-refractivity contribution is 8.14. The van der Waals surface area contributed by atoms with E-state index in [2.05, 4.69) is 5.32 Å². The minimum Gasteiger partial charge on any atom is -0.381 e. The molecular weight excluding hydrogens is 252 g/mol. The van der Waals surface area contributed by atoms with E-state index in [0.717, 1.165) is 26.1 Å². The van der Waals surface area contributed by atoms with Gasteiger partial charge in [0.25, 0.3) is 0 Å². The summed E-state index contributed by atoms with van der Waals surface area (Å²) in [6.07, 6.45) is 4.88. The number of thioether (sulfide) groups is 2. The van der Waals surface area contributed by atoms with Gasteiger partial charge >= 0.3 is 0 Å². The van der Waals surface area contributed by atoms with Gasteiger partial charge in [-0.05, 0) is 31.4 Å². The monoisotopic (exact) mass is 272 g/mol. The van der Waals surface area contributed by atoms with E-state index in [1.165, 1.54) is 35.3 Å². The SMILES string of the molecule is C1CSCC(N=C2NC3(CCOCC3)CS2)C1. The molecule has 5 heteroatoms. The summed E-state index contributed by atoms with van der Waals surface area (Å²) >= 11 is 3.96. The molecule has 0 saturated carbocycles. The topological polar surface area (TPSA) is 33.6 Å². The predicted molar refractivity (Wildman–Crippen MR) is 76.2 cm³/mol. The Labute approximate surface area is 112 Å². The van der Waals surface area contributed by atoms with Crippen molar-refractivity contribution >= 4 is 28.7 Å². The number of rotatable bonds is 1. The maximum absolute atomic E-state index is 5.45. The lowest BCUT2D eigenvalue weighted by atomic mass is 9.93. The zero-order valence-corrected chi connectivity index (χ0v) is 11.7. The molecule has 3 saturated heterocycles. The average molecular weight is 272 g/mol. The molecule has 3 heterocycles. The van der Waals surface area contributed by atoms with Crippen molar-refractivity contribution in [3.05, 3.63) is 0 Å². The van der Waals surface area contributed by atoms with Crippen molar-refractivity contribution in [2.75, 3.05) is 30.5 Å². The van der Waals surface area contributed by atoms with E-state index in [-0.39, 0.29) is 0 Å². The number of aliphatic imine (C=N–C) groups is 1. The molecule has 0 amide bonds. The number of ether oxygens (including phenoxy) is 1. The summed E-state index contributed by atoms with van der Waals surface area (Å²) in [5, 5.41) is 4.87. The van der Waals surface area contributed by atoms with Crippen molar-refractivity contribution < 1.29 is 4.74 Å². The van der Waals surface area contributed by atoms with Gasteiger partial charge in [-0.25, -0.2) is 0 Å². The van der Waals surface area contributed by atoms with Crippen LogP contribution in [0.5, 0.6) is 0 Å². The van der Waals surface area contributed by atoms with Crippen molar-refractivity contribution in [3.8, 4) is 0 Å². The summed E-state index contributed by atoms with van der Waals surface area (Å²) in [6.45, 7) is 1.81. The Morgan fingerprint density at radius 1 is 1.35 bits per heavy atom. The fraction of sp³-hybridized carbons (Fsp3) is 0.917. The second-order valence-corrected chi connectivity index (χ2v) is 7.23. The highest BCUT2D eigenvalue weighted by Crippen LogP contribution is 2.32. The van der Waals surface area contributed by atoms with Crippen molar-refractivity contribution in [1.29, 1.82) is 0 Å². The van der Waals surface area contributed by atoms with Crippen LogP contribution in [0.4, 0.5) is 0 Å². The number of nitrogens with zero attached hydrogens (tertiary/aromatic N) is 1. The Bertz CT molecular complexity index is 297. The van der Waals surface area contributed by atoms with Gasteiger partial charge in [-0.2, -0.15) is 11.8 Å². The molecular formula is C12H20N2OS2. The third-order valence-electron chi connectivity index (χ3n) is 3.74. The van der Waals surface area contributed by atoms with Crippen LogP contribution in [0.3, 0.4) is 0 Å². The molecule has 1 spiro atoms. The van der Waals surface area contributed by atoms with Crippen molar-refractivity contribution in [2.45, 2.75) is 37.3 Å². The molecule has 3 nitrogen and oxygen atoms in total. The van der Waals surface area contributed by atoms with Crippen molar-refractivity contribution in [3.63, 3.8) is 0 Å². The van der Waals surface area contributed by atoms with Gasteiger partial charge in [0.05, 0.1) is 11.6 Å². The first-order valence-corrected chi connectivity index (χ1v) is 8.65. The summed E-state index contributed by atoms with van der Waals surface area (Å²) in [7, 11) is 0. The molecule has 17 heavy (non-hydrogen) atoms. The molecule has 0 aliphatic carbocycles. The van der Waals surface area contributed by atoms with Crippen LogP contribution in [-0.4, -0.2) is 47.2 Å². The van der Waals surface area contributed by atoms with Gasteiger partial charge in [0.1, 0.15) is 0 Å². The Kier molecular flexibility index (Phi) is 3.87. The molecule has 3 aliphatic rings. The van der Waals surface area contributed by atoms with Gasteiger partial charge in [-0.15, -0.1) is 0 Å². The molecule has 0 aromatic carbocycles. The molecule has 3 fully saturated rings. The van der Waals surface area contributed by atoms with Gasteiger partial charge < -0.3 is 10.1 Å². The smallest absolute Gasteiger partial charge is 0.157 e. The largest absolute Gasteiger partial charge is 0.381 e. The van der Waals surface area contributed by atoms with Crippen molar-refractivity contribution in [1.82, 2.24) is 5.32 Å². The molecule has 1 N–H and O–H groups in total. The second kappa shape index (κ2) is 5.41. The van der Waals surface area contributed by atoms with Gasteiger partial charge in [0.15, 0.2) is 5.17 Å². The first-order chi connectivity index (χ1) is 8.36. The van der Waals surface area contributed by atoms with Crippen molar-refractivity contribution in [2.24, 2.45) is 4.99 Å². The van der Waals surface area contributed by atoms with Crippen LogP contribution in [0.15, 0.2) is 4.99 Å². The van der Waals surface area contributed by atoms with Crippen LogP contribution in [-0.2, 0) is 4.74 Å². The lowest BCUT2D eigenvalue weighted by Crippen LogP contribution is -2.48. The van der Waals surface area contributed by atoms with E-state index in [4.69, 9.17) is 9.73 Å². The molecule has 1 unspecified atom stereocenters. The molecule has 96 valence electrons. The van der Waals surface area contributed by atoms with Gasteiger partial charge in [-0.3, -0.25) is 4.99 Å². The highest BCUT2D eigenvalue weighted by Gasteiger charge is 2.38. The fourth-order valence-electron chi connectivity index (χ4n) is 2.60. The summed E-state index contributed by atoms with van der Waals surface area (Å²) < 4.78 is 5.45. The number of amidine groups is 1. The Morgan fingerprint density at radius 2 is 2.24 bits per heavy atom.